The molecule has 0 aliphatic carbocycles. The molecule has 0 spiro atoms. The first-order valence-corrected chi connectivity index (χ1v) is 6.20. The summed E-state index contributed by atoms with van der Waals surface area (Å²) in [6.07, 6.45) is 2.62. The molecule has 0 radical (unpaired) electrons. The van der Waals surface area contributed by atoms with Crippen molar-refractivity contribution in [2.75, 3.05) is 27.6 Å². The number of rotatable bonds is 6. The van der Waals surface area contributed by atoms with Crippen LogP contribution in [-0.4, -0.2) is 33.6 Å². The topological polar surface area (TPSA) is 27.7 Å². The van der Waals surface area contributed by atoms with Crippen molar-refractivity contribution in [2.24, 2.45) is 0 Å². The average Bonchev–Trinajstić information content (AvgIpc) is 2.37. The third kappa shape index (κ3) is 3.22. The molecular weight excluding hydrogens is 224 g/mol. The van der Waals surface area contributed by atoms with Crippen molar-refractivity contribution in [3.63, 3.8) is 0 Å². The summed E-state index contributed by atoms with van der Waals surface area (Å²) >= 11 is 1.72. The molecule has 3 nitrogen and oxygen atoms in total. The summed E-state index contributed by atoms with van der Waals surface area (Å²) in [6.45, 7) is 0. The van der Waals surface area contributed by atoms with Crippen LogP contribution in [0.3, 0.4) is 0 Å². The van der Waals surface area contributed by atoms with Crippen LogP contribution in [0.25, 0.3) is 0 Å². The third-order valence-electron chi connectivity index (χ3n) is 2.51. The number of methoxy groups -OCH3 is 3. The maximum Gasteiger partial charge on any atom is 0.286 e. The van der Waals surface area contributed by atoms with Crippen LogP contribution in [0.1, 0.15) is 5.56 Å². The fourth-order valence-corrected chi connectivity index (χ4v) is 1.87. The normalized spacial score (nSPS) is 11.8. The lowest BCUT2D eigenvalue weighted by molar-refractivity contribution is -0.350. The number of benzene rings is 1. The second kappa shape index (κ2) is 6.25. The van der Waals surface area contributed by atoms with Crippen molar-refractivity contribution in [1.29, 1.82) is 0 Å². The van der Waals surface area contributed by atoms with Gasteiger partial charge in [-0.15, -0.1) is 11.8 Å². The molecule has 0 bridgehead atoms. The standard InChI is InChI=1S/C12H18O3S/c1-13-12(14-2,15-3)9-10-5-7-11(16-4)8-6-10/h5-8H,9H2,1-4H3. The van der Waals surface area contributed by atoms with E-state index in [2.05, 4.69) is 30.5 Å². The Bertz CT molecular complexity index is 298. The highest BCUT2D eigenvalue weighted by Gasteiger charge is 2.29. The van der Waals surface area contributed by atoms with Gasteiger partial charge in [0, 0.05) is 26.2 Å². The Morgan fingerprint density at radius 2 is 1.50 bits per heavy atom. The van der Waals surface area contributed by atoms with Gasteiger partial charge in [0.25, 0.3) is 5.97 Å². The molecular formula is C12H18O3S. The Morgan fingerprint density at radius 3 is 1.88 bits per heavy atom. The Labute approximate surface area is 101 Å². The summed E-state index contributed by atoms with van der Waals surface area (Å²) in [5.41, 5.74) is 1.11. The summed E-state index contributed by atoms with van der Waals surface area (Å²) < 4.78 is 15.7. The first-order chi connectivity index (χ1) is 7.69. The molecule has 1 aromatic rings. The molecule has 0 N–H and O–H groups in total. The van der Waals surface area contributed by atoms with E-state index >= 15 is 0 Å². The molecule has 4 heteroatoms. The molecule has 0 atom stereocenters. The van der Waals surface area contributed by atoms with E-state index in [-0.39, 0.29) is 0 Å². The van der Waals surface area contributed by atoms with Gasteiger partial charge in [-0.1, -0.05) is 12.1 Å². The van der Waals surface area contributed by atoms with Crippen LogP contribution >= 0.6 is 11.8 Å². The van der Waals surface area contributed by atoms with Gasteiger partial charge in [-0.25, -0.2) is 0 Å². The highest BCUT2D eigenvalue weighted by molar-refractivity contribution is 7.98. The van der Waals surface area contributed by atoms with E-state index < -0.39 is 5.97 Å². The highest BCUT2D eigenvalue weighted by Crippen LogP contribution is 2.21. The van der Waals surface area contributed by atoms with Gasteiger partial charge in [0.15, 0.2) is 0 Å². The van der Waals surface area contributed by atoms with E-state index in [1.807, 2.05) is 0 Å². The zero-order chi connectivity index (χ0) is 12.0. The van der Waals surface area contributed by atoms with Crippen molar-refractivity contribution in [1.82, 2.24) is 0 Å². The van der Waals surface area contributed by atoms with Crippen LogP contribution < -0.4 is 0 Å². The smallest absolute Gasteiger partial charge is 0.286 e. The fraction of sp³-hybridized carbons (Fsp3) is 0.500. The van der Waals surface area contributed by atoms with Crippen LogP contribution in [0.5, 0.6) is 0 Å². The molecule has 16 heavy (non-hydrogen) atoms. The van der Waals surface area contributed by atoms with Crippen LogP contribution in [0.4, 0.5) is 0 Å². The molecule has 0 saturated heterocycles. The highest BCUT2D eigenvalue weighted by atomic mass is 32.2. The molecule has 0 unspecified atom stereocenters. The Kier molecular flexibility index (Phi) is 5.28. The van der Waals surface area contributed by atoms with Crippen LogP contribution in [-0.2, 0) is 20.6 Å². The minimum atomic E-state index is -0.985. The monoisotopic (exact) mass is 242 g/mol. The number of hydrogen-bond donors (Lipinski definition) is 0. The van der Waals surface area contributed by atoms with Crippen molar-refractivity contribution in [3.8, 4) is 0 Å². The van der Waals surface area contributed by atoms with Gasteiger partial charge in [-0.3, -0.25) is 0 Å². The summed E-state index contributed by atoms with van der Waals surface area (Å²) in [5.74, 6) is -0.985. The predicted molar refractivity (Wildman–Crippen MR) is 65.7 cm³/mol. The Balaban J connectivity index is 2.77. The minimum absolute atomic E-state index is 0.561. The molecule has 0 aliphatic heterocycles. The molecule has 0 heterocycles. The fourth-order valence-electron chi connectivity index (χ4n) is 1.46. The van der Waals surface area contributed by atoms with E-state index in [1.54, 1.807) is 33.1 Å². The summed E-state index contributed by atoms with van der Waals surface area (Å²) in [7, 11) is 4.72. The van der Waals surface area contributed by atoms with E-state index in [1.165, 1.54) is 4.90 Å². The van der Waals surface area contributed by atoms with Gasteiger partial charge in [0.1, 0.15) is 0 Å². The lowest BCUT2D eigenvalue weighted by atomic mass is 10.1. The number of thioether (sulfide) groups is 1. The van der Waals surface area contributed by atoms with Crippen LogP contribution in [0.15, 0.2) is 29.2 Å². The predicted octanol–water partition coefficient (Wildman–Crippen LogP) is 2.54. The molecule has 0 aromatic heterocycles. The zero-order valence-corrected chi connectivity index (χ0v) is 11.0. The van der Waals surface area contributed by atoms with Gasteiger partial charge in [0.2, 0.25) is 0 Å². The molecule has 0 fully saturated rings. The first-order valence-electron chi connectivity index (χ1n) is 4.98. The Morgan fingerprint density at radius 1 is 1.00 bits per heavy atom. The summed E-state index contributed by atoms with van der Waals surface area (Å²) in [5, 5.41) is 0. The van der Waals surface area contributed by atoms with Crippen molar-refractivity contribution < 1.29 is 14.2 Å². The third-order valence-corrected chi connectivity index (χ3v) is 3.26. The maximum atomic E-state index is 5.25. The molecule has 90 valence electrons. The summed E-state index contributed by atoms with van der Waals surface area (Å²) in [6, 6.07) is 8.26. The van der Waals surface area contributed by atoms with Crippen LogP contribution in [0.2, 0.25) is 0 Å². The second-order valence-corrected chi connectivity index (χ2v) is 4.20. The molecule has 0 saturated carbocycles. The van der Waals surface area contributed by atoms with E-state index in [0.29, 0.717) is 6.42 Å². The van der Waals surface area contributed by atoms with Gasteiger partial charge in [-0.2, -0.15) is 0 Å². The number of ether oxygens (including phenoxy) is 3. The van der Waals surface area contributed by atoms with Gasteiger partial charge in [-0.05, 0) is 24.0 Å². The largest absolute Gasteiger partial charge is 0.331 e. The quantitative estimate of drug-likeness (QED) is 0.566. The minimum Gasteiger partial charge on any atom is -0.331 e. The lowest BCUT2D eigenvalue weighted by Gasteiger charge is -2.28. The van der Waals surface area contributed by atoms with E-state index in [9.17, 15) is 0 Å². The van der Waals surface area contributed by atoms with E-state index in [0.717, 1.165) is 5.56 Å². The molecule has 1 aromatic carbocycles. The van der Waals surface area contributed by atoms with E-state index in [4.69, 9.17) is 14.2 Å². The Hall–Kier alpha value is -0.550. The van der Waals surface area contributed by atoms with Crippen molar-refractivity contribution >= 4 is 11.8 Å². The zero-order valence-electron chi connectivity index (χ0n) is 10.1. The molecule has 1 rings (SSSR count). The SMILES string of the molecule is COC(Cc1ccc(SC)cc1)(OC)OC. The van der Waals surface area contributed by atoms with Crippen LogP contribution in [0, 0.1) is 0 Å². The lowest BCUT2D eigenvalue weighted by Crippen LogP contribution is -2.38. The molecule has 0 amide bonds. The van der Waals surface area contributed by atoms with Gasteiger partial charge in [0.05, 0.1) is 6.42 Å². The van der Waals surface area contributed by atoms with Crippen molar-refractivity contribution in [2.45, 2.75) is 17.3 Å². The average molecular weight is 242 g/mol. The maximum absolute atomic E-state index is 5.25. The summed E-state index contributed by atoms with van der Waals surface area (Å²) in [4.78, 5) is 1.24. The number of hydrogen-bond acceptors (Lipinski definition) is 4. The first kappa shape index (κ1) is 13.5. The second-order valence-electron chi connectivity index (χ2n) is 3.32. The van der Waals surface area contributed by atoms with Crippen molar-refractivity contribution in [3.05, 3.63) is 29.8 Å². The van der Waals surface area contributed by atoms with Gasteiger partial charge < -0.3 is 14.2 Å². The molecule has 0 aliphatic rings. The van der Waals surface area contributed by atoms with Gasteiger partial charge >= 0.3 is 0 Å².